The number of carbonyl (C=O) groups is 1. The van der Waals surface area contributed by atoms with Crippen molar-refractivity contribution in [3.05, 3.63) is 36.5 Å². The van der Waals surface area contributed by atoms with E-state index in [-0.39, 0.29) is 12.5 Å². The van der Waals surface area contributed by atoms with Crippen LogP contribution in [0.1, 0.15) is 271 Å². The monoisotopic (exact) mass is 948 g/mol. The highest BCUT2D eigenvalue weighted by Gasteiger charge is 2.44. The number of unbranched alkanes of at least 4 members (excludes halogenated alkanes) is 35. The van der Waals surface area contributed by atoms with Crippen molar-refractivity contribution in [2.24, 2.45) is 0 Å². The van der Waals surface area contributed by atoms with Gasteiger partial charge in [-0.05, 0) is 44.9 Å². The Labute approximate surface area is 412 Å². The molecular weight excluding hydrogens is 839 g/mol. The number of ether oxygens (including phenoxy) is 2. The smallest absolute Gasteiger partial charge is 0.220 e. The molecule has 9 nitrogen and oxygen atoms in total. The molecule has 1 saturated heterocycles. The second-order valence-electron chi connectivity index (χ2n) is 20.1. The maximum Gasteiger partial charge on any atom is 0.220 e. The first-order valence-electron chi connectivity index (χ1n) is 28.7. The van der Waals surface area contributed by atoms with E-state index in [1.165, 1.54) is 205 Å². The molecule has 1 amide bonds. The Morgan fingerprint density at radius 1 is 0.493 bits per heavy atom. The Kier molecular flexibility index (Phi) is 45.5. The summed E-state index contributed by atoms with van der Waals surface area (Å²) in [5.41, 5.74) is 0. The van der Waals surface area contributed by atoms with Gasteiger partial charge in [0, 0.05) is 6.42 Å². The van der Waals surface area contributed by atoms with Gasteiger partial charge in [0.15, 0.2) is 6.29 Å². The van der Waals surface area contributed by atoms with E-state index in [0.717, 1.165) is 44.9 Å². The van der Waals surface area contributed by atoms with Crippen molar-refractivity contribution in [1.29, 1.82) is 0 Å². The number of hydrogen-bond donors (Lipinski definition) is 6. The highest BCUT2D eigenvalue weighted by atomic mass is 16.7. The quantitative estimate of drug-likeness (QED) is 0.0261. The maximum atomic E-state index is 13.0. The maximum absolute atomic E-state index is 13.0. The average molecular weight is 949 g/mol. The lowest BCUT2D eigenvalue weighted by atomic mass is 9.99. The van der Waals surface area contributed by atoms with E-state index in [9.17, 15) is 30.3 Å². The van der Waals surface area contributed by atoms with Gasteiger partial charge in [-0.2, -0.15) is 0 Å². The van der Waals surface area contributed by atoms with Crippen LogP contribution in [0.2, 0.25) is 0 Å². The molecule has 0 bridgehead atoms. The van der Waals surface area contributed by atoms with Crippen LogP contribution >= 0.6 is 0 Å². The third kappa shape index (κ3) is 37.9. The highest BCUT2D eigenvalue weighted by Crippen LogP contribution is 2.23. The Balaban J connectivity index is 2.22. The van der Waals surface area contributed by atoms with Crippen LogP contribution in [-0.4, -0.2) is 87.5 Å². The molecule has 9 heteroatoms. The van der Waals surface area contributed by atoms with Crippen LogP contribution in [0.5, 0.6) is 0 Å². The summed E-state index contributed by atoms with van der Waals surface area (Å²) in [6.07, 6.45) is 55.1. The molecule has 0 aromatic rings. The Bertz CT molecular complexity index is 1150. The van der Waals surface area contributed by atoms with E-state index in [1.807, 2.05) is 6.08 Å². The largest absolute Gasteiger partial charge is 0.394 e. The van der Waals surface area contributed by atoms with Gasteiger partial charge in [0.05, 0.1) is 25.4 Å². The molecule has 7 atom stereocenters. The summed E-state index contributed by atoms with van der Waals surface area (Å²) in [7, 11) is 0. The zero-order valence-electron chi connectivity index (χ0n) is 43.7. The molecule has 1 rings (SSSR count). The van der Waals surface area contributed by atoms with E-state index in [0.29, 0.717) is 6.42 Å². The summed E-state index contributed by atoms with van der Waals surface area (Å²) >= 11 is 0. The predicted molar refractivity (Wildman–Crippen MR) is 281 cm³/mol. The molecular formula is C58H109NO8. The van der Waals surface area contributed by atoms with E-state index in [4.69, 9.17) is 9.47 Å². The van der Waals surface area contributed by atoms with Crippen molar-refractivity contribution in [1.82, 2.24) is 5.32 Å². The lowest BCUT2D eigenvalue weighted by molar-refractivity contribution is -0.302. The number of rotatable bonds is 49. The van der Waals surface area contributed by atoms with Crippen LogP contribution in [0.3, 0.4) is 0 Å². The molecule has 394 valence electrons. The fraction of sp³-hybridized carbons (Fsp3) is 0.879. The molecule has 0 spiro atoms. The first kappa shape index (κ1) is 63.4. The van der Waals surface area contributed by atoms with Crippen molar-refractivity contribution in [2.75, 3.05) is 13.2 Å². The molecule has 1 heterocycles. The summed E-state index contributed by atoms with van der Waals surface area (Å²) < 4.78 is 11.2. The molecule has 7 unspecified atom stereocenters. The fourth-order valence-corrected chi connectivity index (χ4v) is 9.13. The number of hydrogen-bond acceptors (Lipinski definition) is 8. The predicted octanol–water partition coefficient (Wildman–Crippen LogP) is 14.0. The highest BCUT2D eigenvalue weighted by molar-refractivity contribution is 5.76. The second kappa shape index (κ2) is 48.1. The molecule has 6 N–H and O–H groups in total. The van der Waals surface area contributed by atoms with Gasteiger partial charge in [0.1, 0.15) is 24.4 Å². The fourth-order valence-electron chi connectivity index (χ4n) is 9.13. The van der Waals surface area contributed by atoms with Crippen LogP contribution in [0, 0.1) is 0 Å². The van der Waals surface area contributed by atoms with Gasteiger partial charge in [0.25, 0.3) is 0 Å². The van der Waals surface area contributed by atoms with E-state index in [1.54, 1.807) is 6.08 Å². The van der Waals surface area contributed by atoms with Crippen molar-refractivity contribution in [3.63, 3.8) is 0 Å². The van der Waals surface area contributed by atoms with Gasteiger partial charge in [-0.15, -0.1) is 0 Å². The van der Waals surface area contributed by atoms with E-state index >= 15 is 0 Å². The van der Waals surface area contributed by atoms with Gasteiger partial charge in [-0.1, -0.05) is 256 Å². The third-order valence-electron chi connectivity index (χ3n) is 13.7. The molecule has 0 aromatic heterocycles. The van der Waals surface area contributed by atoms with Crippen LogP contribution in [0.15, 0.2) is 36.5 Å². The molecule has 1 aliphatic heterocycles. The summed E-state index contributed by atoms with van der Waals surface area (Å²) in [5.74, 6) is -0.188. The molecule has 1 fully saturated rings. The SMILES string of the molecule is CCCCCCCCCCCCCCCCCCCCCC/C=C/CC/C=C/CC/C=C/C(O)C(COC1OC(CO)C(O)C(O)C1O)NC(=O)CCCCCCCCCCCCCCCC. The van der Waals surface area contributed by atoms with Gasteiger partial charge >= 0.3 is 0 Å². The minimum absolute atomic E-state index is 0.188. The van der Waals surface area contributed by atoms with Crippen molar-refractivity contribution < 1.29 is 39.8 Å². The van der Waals surface area contributed by atoms with Crippen molar-refractivity contribution in [2.45, 2.75) is 314 Å². The zero-order valence-corrected chi connectivity index (χ0v) is 43.7. The van der Waals surface area contributed by atoms with Crippen molar-refractivity contribution in [3.8, 4) is 0 Å². The lowest BCUT2D eigenvalue weighted by Gasteiger charge is -2.40. The van der Waals surface area contributed by atoms with Gasteiger partial charge in [-0.3, -0.25) is 4.79 Å². The first-order chi connectivity index (χ1) is 32.8. The van der Waals surface area contributed by atoms with Gasteiger partial charge in [-0.25, -0.2) is 0 Å². The minimum Gasteiger partial charge on any atom is -0.394 e. The molecule has 0 radical (unpaired) electrons. The number of aliphatic hydroxyl groups excluding tert-OH is 5. The Hall–Kier alpha value is -1.59. The summed E-state index contributed by atoms with van der Waals surface area (Å²) in [6, 6.07) is -0.825. The first-order valence-corrected chi connectivity index (χ1v) is 28.7. The van der Waals surface area contributed by atoms with Crippen LogP contribution in [0.4, 0.5) is 0 Å². The second-order valence-corrected chi connectivity index (χ2v) is 20.1. The number of nitrogens with one attached hydrogen (secondary N) is 1. The Morgan fingerprint density at radius 2 is 0.851 bits per heavy atom. The average Bonchev–Trinajstić information content (AvgIpc) is 3.33. The molecule has 0 aliphatic carbocycles. The van der Waals surface area contributed by atoms with E-state index in [2.05, 4.69) is 43.5 Å². The minimum atomic E-state index is -1.57. The number of amides is 1. The molecule has 0 saturated carbocycles. The van der Waals surface area contributed by atoms with Crippen LogP contribution < -0.4 is 5.32 Å². The zero-order chi connectivity index (χ0) is 48.7. The molecule has 1 aliphatic rings. The van der Waals surface area contributed by atoms with Crippen molar-refractivity contribution >= 4 is 5.91 Å². The standard InChI is InChI=1S/C58H109NO8/c1-3-5-7-9-11-13-15-17-19-20-21-22-23-24-25-26-27-28-29-30-31-32-33-34-35-37-39-41-43-45-47-52(61)51(50-66-58-57(65)56(64)55(63)53(49-60)67-58)59-54(62)48-46-44-42-40-38-36-18-16-14-12-10-8-6-4-2/h32-33,37,39,45,47,51-53,55-58,60-61,63-65H,3-31,34-36,38,40-44,46,48-50H2,1-2H3,(H,59,62)/b33-32+,39-37+,47-45+. The van der Waals surface area contributed by atoms with Gasteiger partial charge < -0.3 is 40.3 Å². The van der Waals surface area contributed by atoms with Gasteiger partial charge in [0.2, 0.25) is 5.91 Å². The summed E-state index contributed by atoms with van der Waals surface area (Å²) in [4.78, 5) is 13.0. The summed E-state index contributed by atoms with van der Waals surface area (Å²) in [5, 5.41) is 54.4. The van der Waals surface area contributed by atoms with Crippen LogP contribution in [-0.2, 0) is 14.3 Å². The molecule has 0 aromatic carbocycles. The topological polar surface area (TPSA) is 149 Å². The lowest BCUT2D eigenvalue weighted by Crippen LogP contribution is -2.60. The molecule has 67 heavy (non-hydrogen) atoms. The normalized spacial score (nSPS) is 19.9. The number of carbonyl (C=O) groups excluding carboxylic acids is 1. The number of aliphatic hydroxyl groups is 5. The third-order valence-corrected chi connectivity index (χ3v) is 13.7. The Morgan fingerprint density at radius 3 is 1.25 bits per heavy atom. The van der Waals surface area contributed by atoms with E-state index < -0.39 is 49.5 Å². The van der Waals surface area contributed by atoms with Crippen LogP contribution in [0.25, 0.3) is 0 Å². The summed E-state index contributed by atoms with van der Waals surface area (Å²) in [6.45, 7) is 3.78. The number of allylic oxidation sites excluding steroid dienone is 5.